The summed E-state index contributed by atoms with van der Waals surface area (Å²) in [5, 5.41) is 8.51. The number of ether oxygens (including phenoxy) is 3. The molecule has 5 N–H and O–H groups in total. The average molecular weight is 523 g/mol. The summed E-state index contributed by atoms with van der Waals surface area (Å²) in [6, 6.07) is 3.02. The number of likely N-dealkylation sites (N-methyl/N-ethyl adjacent to an activating group) is 1. The number of nitrogens with one attached hydrogen (secondary N) is 3. The number of amides is 3. The Hall–Kier alpha value is -3.01. The Morgan fingerprint density at radius 3 is 2.00 bits per heavy atom. The van der Waals surface area contributed by atoms with Crippen LogP contribution in [0, 0.1) is 0 Å². The van der Waals surface area contributed by atoms with E-state index in [9.17, 15) is 14.4 Å². The van der Waals surface area contributed by atoms with Crippen LogP contribution in [0.4, 0.5) is 4.79 Å². The second-order valence-corrected chi connectivity index (χ2v) is 9.82. The van der Waals surface area contributed by atoms with Crippen molar-refractivity contribution in [2.24, 2.45) is 5.73 Å². The minimum absolute atomic E-state index is 0.148. The lowest BCUT2D eigenvalue weighted by molar-refractivity contribution is 0.0526. The van der Waals surface area contributed by atoms with E-state index in [2.05, 4.69) is 22.9 Å². The molecule has 3 amide bonds. The molecule has 0 aromatic heterocycles. The molecule has 0 aliphatic carbocycles. The fourth-order valence-corrected chi connectivity index (χ4v) is 3.37. The van der Waals surface area contributed by atoms with E-state index >= 15 is 0 Å². The van der Waals surface area contributed by atoms with Crippen LogP contribution in [0.15, 0.2) is 12.1 Å². The SMILES string of the molecule is CCCCCCOc1cc(OCCCCCNC(=O)OC(C)(C)C)c(C(=O)NCCNC)cc1C(N)=O. The lowest BCUT2D eigenvalue weighted by Gasteiger charge is -2.19. The van der Waals surface area contributed by atoms with Crippen LogP contribution in [0.2, 0.25) is 0 Å². The van der Waals surface area contributed by atoms with Gasteiger partial charge in [-0.3, -0.25) is 9.59 Å². The Morgan fingerprint density at radius 2 is 1.43 bits per heavy atom. The molecule has 0 aliphatic rings. The van der Waals surface area contributed by atoms with Gasteiger partial charge in [-0.15, -0.1) is 0 Å². The molecule has 0 saturated heterocycles. The molecule has 10 nitrogen and oxygen atoms in total. The van der Waals surface area contributed by atoms with Gasteiger partial charge in [-0.05, 0) is 59.6 Å². The molecule has 1 rings (SSSR count). The molecule has 210 valence electrons. The van der Waals surface area contributed by atoms with E-state index in [4.69, 9.17) is 19.9 Å². The third-order valence-electron chi connectivity index (χ3n) is 5.25. The molecular formula is C27H46N4O6. The zero-order valence-electron chi connectivity index (χ0n) is 23.2. The van der Waals surface area contributed by atoms with Crippen LogP contribution in [0.1, 0.15) is 93.4 Å². The quantitative estimate of drug-likeness (QED) is 0.215. The summed E-state index contributed by atoms with van der Waals surface area (Å²) in [5.41, 5.74) is 5.44. The normalized spacial score (nSPS) is 11.1. The van der Waals surface area contributed by atoms with Crippen molar-refractivity contribution < 1.29 is 28.6 Å². The number of primary amides is 1. The van der Waals surface area contributed by atoms with E-state index in [0.29, 0.717) is 50.8 Å². The largest absolute Gasteiger partial charge is 0.493 e. The van der Waals surface area contributed by atoms with Gasteiger partial charge in [0.2, 0.25) is 0 Å². The molecule has 0 fully saturated rings. The van der Waals surface area contributed by atoms with Crippen LogP contribution in [-0.4, -0.2) is 63.4 Å². The summed E-state index contributed by atoms with van der Waals surface area (Å²) in [7, 11) is 1.79. The Labute approximate surface area is 221 Å². The second kappa shape index (κ2) is 17.4. The van der Waals surface area contributed by atoms with Gasteiger partial charge in [-0.2, -0.15) is 0 Å². The van der Waals surface area contributed by atoms with Crippen molar-refractivity contribution in [3.63, 3.8) is 0 Å². The number of rotatable bonds is 18. The summed E-state index contributed by atoms with van der Waals surface area (Å²) in [6.07, 6.45) is 5.94. The smallest absolute Gasteiger partial charge is 0.407 e. The number of benzene rings is 1. The van der Waals surface area contributed by atoms with Crippen molar-refractivity contribution in [2.75, 3.05) is 39.9 Å². The molecule has 0 heterocycles. The van der Waals surface area contributed by atoms with Crippen LogP contribution in [0.5, 0.6) is 11.5 Å². The topological polar surface area (TPSA) is 141 Å². The van der Waals surface area contributed by atoms with Gasteiger partial charge in [0.1, 0.15) is 17.1 Å². The van der Waals surface area contributed by atoms with Gasteiger partial charge in [0.05, 0.1) is 24.3 Å². The molecule has 0 bridgehead atoms. The number of hydrogen-bond donors (Lipinski definition) is 4. The van der Waals surface area contributed by atoms with E-state index in [0.717, 1.165) is 38.5 Å². The molecule has 0 saturated carbocycles. The zero-order valence-corrected chi connectivity index (χ0v) is 23.2. The van der Waals surface area contributed by atoms with E-state index in [-0.39, 0.29) is 17.0 Å². The van der Waals surface area contributed by atoms with Crippen molar-refractivity contribution >= 4 is 17.9 Å². The highest BCUT2D eigenvalue weighted by molar-refractivity contribution is 6.02. The Morgan fingerprint density at radius 1 is 0.811 bits per heavy atom. The maximum absolute atomic E-state index is 12.8. The fourth-order valence-electron chi connectivity index (χ4n) is 3.37. The van der Waals surface area contributed by atoms with Crippen molar-refractivity contribution in [1.82, 2.24) is 16.0 Å². The molecule has 0 unspecified atom stereocenters. The Balaban J connectivity index is 2.79. The van der Waals surface area contributed by atoms with E-state index in [1.165, 1.54) is 6.07 Å². The average Bonchev–Trinajstić information content (AvgIpc) is 2.82. The third kappa shape index (κ3) is 13.8. The summed E-state index contributed by atoms with van der Waals surface area (Å²) in [5.74, 6) is -0.379. The van der Waals surface area contributed by atoms with Crippen molar-refractivity contribution in [1.29, 1.82) is 0 Å². The first-order valence-corrected chi connectivity index (χ1v) is 13.2. The van der Waals surface area contributed by atoms with Gasteiger partial charge in [-0.25, -0.2) is 4.79 Å². The monoisotopic (exact) mass is 522 g/mol. The second-order valence-electron chi connectivity index (χ2n) is 9.82. The standard InChI is InChI=1S/C27H46N4O6/c1-6-7-8-11-16-35-22-19-23(21(18-20(22)24(28)32)25(33)30-15-14-29-5)36-17-12-9-10-13-31-26(34)37-27(2,3)4/h18-19,29H,6-17H2,1-5H3,(H2,28,32)(H,30,33)(H,31,34). The first kappa shape index (κ1) is 32.0. The summed E-state index contributed by atoms with van der Waals surface area (Å²) in [4.78, 5) is 36.7. The molecule has 0 spiro atoms. The maximum Gasteiger partial charge on any atom is 0.407 e. The highest BCUT2D eigenvalue weighted by Gasteiger charge is 2.20. The van der Waals surface area contributed by atoms with Gasteiger partial charge in [-0.1, -0.05) is 26.2 Å². The molecule has 0 radical (unpaired) electrons. The van der Waals surface area contributed by atoms with Crippen LogP contribution >= 0.6 is 0 Å². The number of carbonyl (C=O) groups is 3. The summed E-state index contributed by atoms with van der Waals surface area (Å²) in [6.45, 7) is 9.90. The predicted octanol–water partition coefficient (Wildman–Crippen LogP) is 3.77. The fraction of sp³-hybridized carbons (Fsp3) is 0.667. The van der Waals surface area contributed by atoms with E-state index in [1.807, 2.05) is 20.8 Å². The van der Waals surface area contributed by atoms with Crippen LogP contribution < -0.4 is 31.2 Å². The first-order chi connectivity index (χ1) is 17.6. The molecule has 10 heteroatoms. The molecule has 1 aromatic carbocycles. The van der Waals surface area contributed by atoms with Crippen molar-refractivity contribution in [3.05, 3.63) is 23.3 Å². The summed E-state index contributed by atoms with van der Waals surface area (Å²) < 4.78 is 17.0. The minimum atomic E-state index is -0.670. The molecular weight excluding hydrogens is 476 g/mol. The van der Waals surface area contributed by atoms with Crippen molar-refractivity contribution in [3.8, 4) is 11.5 Å². The van der Waals surface area contributed by atoms with E-state index < -0.39 is 17.6 Å². The zero-order chi connectivity index (χ0) is 27.7. The molecule has 1 aromatic rings. The number of alkyl carbamates (subject to hydrolysis) is 1. The van der Waals surface area contributed by atoms with Crippen LogP contribution in [0.25, 0.3) is 0 Å². The number of nitrogens with two attached hydrogens (primary N) is 1. The lowest BCUT2D eigenvalue weighted by atomic mass is 10.1. The Bertz CT molecular complexity index is 854. The highest BCUT2D eigenvalue weighted by Crippen LogP contribution is 2.30. The molecule has 37 heavy (non-hydrogen) atoms. The minimum Gasteiger partial charge on any atom is -0.493 e. The predicted molar refractivity (Wildman–Crippen MR) is 144 cm³/mol. The molecule has 0 atom stereocenters. The van der Waals surface area contributed by atoms with Crippen molar-refractivity contribution in [2.45, 2.75) is 78.2 Å². The lowest BCUT2D eigenvalue weighted by Crippen LogP contribution is -2.33. The van der Waals surface area contributed by atoms with E-state index in [1.54, 1.807) is 13.1 Å². The number of unbranched alkanes of at least 4 members (excludes halogenated alkanes) is 5. The third-order valence-corrected chi connectivity index (χ3v) is 5.25. The van der Waals surface area contributed by atoms with Gasteiger partial charge >= 0.3 is 6.09 Å². The summed E-state index contributed by atoms with van der Waals surface area (Å²) >= 11 is 0. The van der Waals surface area contributed by atoms with Crippen LogP contribution in [-0.2, 0) is 4.74 Å². The number of hydrogen-bond acceptors (Lipinski definition) is 7. The Kier molecular flexibility index (Phi) is 15.1. The van der Waals surface area contributed by atoms with Gasteiger partial charge in [0.25, 0.3) is 11.8 Å². The van der Waals surface area contributed by atoms with Gasteiger partial charge in [0, 0.05) is 25.7 Å². The first-order valence-electron chi connectivity index (χ1n) is 13.2. The van der Waals surface area contributed by atoms with Crippen LogP contribution in [0.3, 0.4) is 0 Å². The molecule has 0 aliphatic heterocycles. The highest BCUT2D eigenvalue weighted by atomic mass is 16.6. The van der Waals surface area contributed by atoms with Gasteiger partial charge < -0.3 is 35.9 Å². The van der Waals surface area contributed by atoms with Gasteiger partial charge in [0.15, 0.2) is 0 Å². The maximum atomic E-state index is 12.8. The number of carbonyl (C=O) groups excluding carboxylic acids is 3.